The number of rotatable bonds is 2. The molecule has 0 amide bonds. The van der Waals surface area contributed by atoms with Crippen molar-refractivity contribution >= 4 is 11.9 Å². The third-order valence-corrected chi connectivity index (χ3v) is 4.74. The van der Waals surface area contributed by atoms with E-state index in [1.165, 1.54) is 25.0 Å². The van der Waals surface area contributed by atoms with E-state index in [4.69, 9.17) is 14.2 Å². The second kappa shape index (κ2) is 5.57. The van der Waals surface area contributed by atoms with Crippen LogP contribution in [0.5, 0.6) is 0 Å². The lowest BCUT2D eigenvalue weighted by Gasteiger charge is -2.53. The molecule has 6 heteroatoms. The number of hydrogen-bond donors (Lipinski definition) is 1. The summed E-state index contributed by atoms with van der Waals surface area (Å²) >= 11 is 0. The van der Waals surface area contributed by atoms with E-state index >= 15 is 0 Å². The first-order chi connectivity index (χ1) is 11.2. The molecular formula is C18H23NO5. The summed E-state index contributed by atoms with van der Waals surface area (Å²) in [5.41, 5.74) is 1.14. The van der Waals surface area contributed by atoms with Gasteiger partial charge >= 0.3 is 17.9 Å². The number of hydrogen-bond acceptors (Lipinski definition) is 6. The van der Waals surface area contributed by atoms with Gasteiger partial charge in [-0.05, 0) is 37.8 Å². The summed E-state index contributed by atoms with van der Waals surface area (Å²) in [7, 11) is 0. The van der Waals surface area contributed by atoms with Crippen LogP contribution in [0, 0.1) is 0 Å². The molecule has 1 N–H and O–H groups in total. The lowest BCUT2D eigenvalue weighted by atomic mass is 9.85. The number of morpholine rings is 1. The molecule has 1 atom stereocenters. The Morgan fingerprint density at radius 1 is 1.12 bits per heavy atom. The second-order valence-electron chi connectivity index (χ2n) is 7.02. The highest BCUT2D eigenvalue weighted by Crippen LogP contribution is 2.46. The number of fused-ring (bicyclic) bond motifs is 2. The zero-order chi connectivity index (χ0) is 17.6. The Bertz CT molecular complexity index is 668. The van der Waals surface area contributed by atoms with Crippen LogP contribution in [0.4, 0.5) is 0 Å². The van der Waals surface area contributed by atoms with Crippen molar-refractivity contribution in [1.29, 1.82) is 0 Å². The maximum atomic E-state index is 11.6. The highest BCUT2D eigenvalue weighted by molar-refractivity contribution is 5.69. The van der Waals surface area contributed by atoms with Gasteiger partial charge in [0.1, 0.15) is 5.54 Å². The van der Waals surface area contributed by atoms with Crippen molar-refractivity contribution in [3.63, 3.8) is 0 Å². The zero-order valence-corrected chi connectivity index (χ0v) is 14.5. The average Bonchev–Trinajstić information content (AvgIpc) is 2.81. The van der Waals surface area contributed by atoms with Crippen molar-refractivity contribution in [1.82, 2.24) is 5.32 Å². The van der Waals surface area contributed by atoms with Gasteiger partial charge in [0, 0.05) is 13.8 Å². The molecule has 0 saturated carbocycles. The molecule has 1 aromatic carbocycles. The van der Waals surface area contributed by atoms with E-state index in [1.54, 1.807) is 13.8 Å². The van der Waals surface area contributed by atoms with Crippen molar-refractivity contribution in [2.24, 2.45) is 0 Å². The Labute approximate surface area is 141 Å². The highest BCUT2D eigenvalue weighted by atomic mass is 16.9. The van der Waals surface area contributed by atoms with Gasteiger partial charge in [-0.25, -0.2) is 0 Å². The summed E-state index contributed by atoms with van der Waals surface area (Å²) in [5.74, 6) is -2.93. The number of carbonyl (C=O) groups is 2. The van der Waals surface area contributed by atoms with Crippen molar-refractivity contribution in [2.45, 2.75) is 57.6 Å². The smallest absolute Gasteiger partial charge is 0.394 e. The Morgan fingerprint density at radius 2 is 1.75 bits per heavy atom. The van der Waals surface area contributed by atoms with E-state index in [0.29, 0.717) is 0 Å². The molecule has 6 nitrogen and oxygen atoms in total. The molecule has 0 radical (unpaired) electrons. The lowest BCUT2D eigenvalue weighted by molar-refractivity contribution is -0.397. The van der Waals surface area contributed by atoms with Crippen molar-refractivity contribution in [2.75, 3.05) is 6.61 Å². The van der Waals surface area contributed by atoms with Crippen LogP contribution >= 0.6 is 0 Å². The number of aryl methyl sites for hydroxylation is 1. The molecule has 1 unspecified atom stereocenters. The maximum Gasteiger partial charge on any atom is 0.394 e. The first-order valence-electron chi connectivity index (χ1n) is 8.11. The summed E-state index contributed by atoms with van der Waals surface area (Å²) in [6.07, 6.45) is 1.81. The molecule has 1 saturated heterocycles. The molecule has 0 aromatic heterocycles. The summed E-state index contributed by atoms with van der Waals surface area (Å²) in [4.78, 5) is 23.2. The first-order valence-corrected chi connectivity index (χ1v) is 8.11. The molecule has 130 valence electrons. The molecule has 1 fully saturated rings. The monoisotopic (exact) mass is 333 g/mol. The molecule has 3 rings (SSSR count). The van der Waals surface area contributed by atoms with Crippen LogP contribution in [0.2, 0.25) is 0 Å². The third kappa shape index (κ3) is 2.59. The minimum absolute atomic E-state index is 0.244. The fraction of sp³-hybridized carbons (Fsp3) is 0.556. The standard InChI is InChI=1S/C18H23NO5/c1-12(20)23-18(24-13(2)21)16(3,4)19-17(11-22-18)10-9-14-7-5-6-8-15(14)17/h5-8,19H,9-11H2,1-4H3. The van der Waals surface area contributed by atoms with Crippen LogP contribution in [-0.2, 0) is 35.8 Å². The summed E-state index contributed by atoms with van der Waals surface area (Å²) in [5, 5.41) is 3.55. The summed E-state index contributed by atoms with van der Waals surface area (Å²) in [6, 6.07) is 8.22. The summed E-state index contributed by atoms with van der Waals surface area (Å²) in [6.45, 7) is 6.38. The van der Waals surface area contributed by atoms with Crippen molar-refractivity contribution in [3.05, 3.63) is 35.4 Å². The molecule has 1 aliphatic carbocycles. The molecule has 24 heavy (non-hydrogen) atoms. The van der Waals surface area contributed by atoms with E-state index in [0.717, 1.165) is 12.8 Å². The van der Waals surface area contributed by atoms with E-state index in [2.05, 4.69) is 17.4 Å². The fourth-order valence-corrected chi connectivity index (χ4v) is 3.79. The lowest BCUT2D eigenvalue weighted by Crippen LogP contribution is -2.73. The SMILES string of the molecule is CC(=O)OC1(OC(C)=O)OCC2(CCc3ccccc32)NC1(C)C. The fourth-order valence-electron chi connectivity index (χ4n) is 3.79. The van der Waals surface area contributed by atoms with Gasteiger partial charge in [-0.1, -0.05) is 24.3 Å². The predicted octanol–water partition coefficient (Wildman–Crippen LogP) is 2.01. The van der Waals surface area contributed by atoms with Crippen LogP contribution in [0.1, 0.15) is 45.2 Å². The van der Waals surface area contributed by atoms with Gasteiger partial charge in [-0.2, -0.15) is 0 Å². The molecule has 1 aromatic rings. The van der Waals surface area contributed by atoms with E-state index in [1.807, 2.05) is 12.1 Å². The van der Waals surface area contributed by atoms with Crippen LogP contribution in [0.15, 0.2) is 24.3 Å². The predicted molar refractivity (Wildman–Crippen MR) is 85.9 cm³/mol. The Hall–Kier alpha value is -1.92. The Morgan fingerprint density at radius 3 is 2.33 bits per heavy atom. The van der Waals surface area contributed by atoms with Gasteiger partial charge in [0.2, 0.25) is 0 Å². The van der Waals surface area contributed by atoms with E-state index in [-0.39, 0.29) is 12.1 Å². The van der Waals surface area contributed by atoms with Gasteiger partial charge in [0.25, 0.3) is 0 Å². The zero-order valence-electron chi connectivity index (χ0n) is 14.5. The van der Waals surface area contributed by atoms with E-state index < -0.39 is 23.5 Å². The van der Waals surface area contributed by atoms with Gasteiger partial charge in [-0.3, -0.25) is 14.9 Å². The highest BCUT2D eigenvalue weighted by Gasteiger charge is 2.62. The van der Waals surface area contributed by atoms with Crippen LogP contribution in [0.3, 0.4) is 0 Å². The van der Waals surface area contributed by atoms with Gasteiger partial charge < -0.3 is 14.2 Å². The van der Waals surface area contributed by atoms with Gasteiger partial charge in [-0.15, -0.1) is 0 Å². The maximum absolute atomic E-state index is 11.6. The third-order valence-electron chi connectivity index (χ3n) is 4.74. The largest absolute Gasteiger partial charge is 0.397 e. The first kappa shape index (κ1) is 16.9. The second-order valence-corrected chi connectivity index (χ2v) is 7.02. The number of carbonyl (C=O) groups excluding carboxylic acids is 2. The van der Waals surface area contributed by atoms with Gasteiger partial charge in [0.05, 0.1) is 12.1 Å². The number of nitrogens with one attached hydrogen (secondary N) is 1. The molecule has 1 heterocycles. The van der Waals surface area contributed by atoms with Crippen molar-refractivity contribution in [3.8, 4) is 0 Å². The molecule has 2 aliphatic rings. The Kier molecular flexibility index (Phi) is 3.92. The normalized spacial score (nSPS) is 26.7. The average molecular weight is 333 g/mol. The molecule has 0 bridgehead atoms. The van der Waals surface area contributed by atoms with Crippen LogP contribution in [-0.4, -0.2) is 30.1 Å². The Balaban J connectivity index is 1.97. The van der Waals surface area contributed by atoms with E-state index in [9.17, 15) is 9.59 Å². The number of benzene rings is 1. The van der Waals surface area contributed by atoms with Crippen molar-refractivity contribution < 1.29 is 23.8 Å². The minimum Gasteiger partial charge on any atom is -0.397 e. The molecular weight excluding hydrogens is 310 g/mol. The molecule has 1 spiro atoms. The topological polar surface area (TPSA) is 73.9 Å². The number of esters is 2. The van der Waals surface area contributed by atoms with Gasteiger partial charge in [0.15, 0.2) is 0 Å². The van der Waals surface area contributed by atoms with Crippen LogP contribution in [0.25, 0.3) is 0 Å². The van der Waals surface area contributed by atoms with Crippen LogP contribution < -0.4 is 5.32 Å². The molecule has 1 aliphatic heterocycles. The quantitative estimate of drug-likeness (QED) is 0.659. The summed E-state index contributed by atoms with van der Waals surface area (Å²) < 4.78 is 16.6. The minimum atomic E-state index is -1.78. The number of ether oxygens (including phenoxy) is 3.